The molecule has 0 aromatic carbocycles. The zero-order valence-electron chi connectivity index (χ0n) is 9.34. The number of hydrogen-bond acceptors (Lipinski definition) is 5. The molecule has 2 aliphatic heterocycles. The van der Waals surface area contributed by atoms with Crippen molar-refractivity contribution in [2.45, 2.75) is 12.5 Å². The van der Waals surface area contributed by atoms with Crippen molar-refractivity contribution >= 4 is 5.69 Å². The van der Waals surface area contributed by atoms with Crippen molar-refractivity contribution in [1.29, 1.82) is 0 Å². The van der Waals surface area contributed by atoms with E-state index in [-0.39, 0.29) is 0 Å². The molecule has 5 heteroatoms. The van der Waals surface area contributed by atoms with Gasteiger partial charge in [0.15, 0.2) is 0 Å². The van der Waals surface area contributed by atoms with E-state index in [0.717, 1.165) is 18.8 Å². The molecule has 1 aliphatic carbocycles. The van der Waals surface area contributed by atoms with Gasteiger partial charge in [-0.1, -0.05) is 0 Å². The van der Waals surface area contributed by atoms with E-state index in [9.17, 15) is 0 Å². The van der Waals surface area contributed by atoms with Crippen molar-refractivity contribution in [2.75, 3.05) is 25.1 Å². The normalized spacial score (nSPS) is 32.1. The molecule has 86 valence electrons. The fourth-order valence-electron chi connectivity index (χ4n) is 2.75. The van der Waals surface area contributed by atoms with Gasteiger partial charge in [-0.2, -0.15) is 5.10 Å². The number of piperidine rings is 2. The highest BCUT2D eigenvalue weighted by molar-refractivity contribution is 5.47. The zero-order valence-corrected chi connectivity index (χ0v) is 9.34. The molecule has 3 aliphatic rings. The highest BCUT2D eigenvalue weighted by Crippen LogP contribution is 2.40. The summed E-state index contributed by atoms with van der Waals surface area (Å²) in [6.07, 6.45) is 3.08. The Labute approximate surface area is 94.6 Å². The molecular weight excluding hydrogens is 204 g/mol. The number of aromatic nitrogens is 2. The van der Waals surface area contributed by atoms with Crippen LogP contribution in [-0.2, 0) is 0 Å². The van der Waals surface area contributed by atoms with Gasteiger partial charge in [-0.15, -0.1) is 5.10 Å². The van der Waals surface area contributed by atoms with Crippen LogP contribution >= 0.6 is 0 Å². The molecule has 2 saturated heterocycles. The second kappa shape index (κ2) is 3.59. The molecule has 0 radical (unpaired) electrons. The van der Waals surface area contributed by atoms with Crippen LogP contribution in [0.1, 0.15) is 6.42 Å². The van der Waals surface area contributed by atoms with Crippen molar-refractivity contribution in [3.63, 3.8) is 0 Å². The molecular formula is C11H16N4O. The number of fused-ring (bicyclic) bond motifs is 2. The minimum Gasteiger partial charge on any atom is -0.480 e. The summed E-state index contributed by atoms with van der Waals surface area (Å²) >= 11 is 0. The average Bonchev–Trinajstić information content (AvgIpc) is 2.38. The lowest BCUT2D eigenvalue weighted by atomic mass is 9.66. The second-order valence-electron chi connectivity index (χ2n) is 4.69. The highest BCUT2D eigenvalue weighted by atomic mass is 16.5. The van der Waals surface area contributed by atoms with E-state index in [4.69, 9.17) is 10.5 Å². The first-order valence-corrected chi connectivity index (χ1v) is 5.65. The number of hydrogen-bond donors (Lipinski definition) is 1. The fraction of sp³-hybridized carbons (Fsp3) is 0.636. The molecule has 3 atom stereocenters. The van der Waals surface area contributed by atoms with E-state index in [1.807, 2.05) is 6.07 Å². The quantitative estimate of drug-likeness (QED) is 0.775. The van der Waals surface area contributed by atoms with Crippen molar-refractivity contribution in [1.82, 2.24) is 10.2 Å². The zero-order chi connectivity index (χ0) is 11.1. The van der Waals surface area contributed by atoms with Crippen LogP contribution < -0.4 is 15.4 Å². The van der Waals surface area contributed by atoms with Crippen molar-refractivity contribution in [3.05, 3.63) is 12.3 Å². The summed E-state index contributed by atoms with van der Waals surface area (Å²) in [5.74, 6) is 1.87. The summed E-state index contributed by atoms with van der Waals surface area (Å²) in [5, 5.41) is 7.82. The molecule has 1 unspecified atom stereocenters. The van der Waals surface area contributed by atoms with Gasteiger partial charge in [0.25, 0.3) is 0 Å². The van der Waals surface area contributed by atoms with Gasteiger partial charge in [0, 0.05) is 25.2 Å². The van der Waals surface area contributed by atoms with Gasteiger partial charge in [0.05, 0.1) is 19.0 Å². The molecule has 4 rings (SSSR count). The third-order valence-corrected chi connectivity index (χ3v) is 3.80. The number of nitrogens with two attached hydrogens (primary N) is 1. The van der Waals surface area contributed by atoms with Gasteiger partial charge in [-0.3, -0.25) is 0 Å². The topological polar surface area (TPSA) is 64.3 Å². The molecule has 1 aromatic rings. The Morgan fingerprint density at radius 3 is 2.81 bits per heavy atom. The Balaban J connectivity index is 1.78. The SMILES string of the molecule is COc1cc(N2C[C@H]3C[C@@H](C2)C3N)cnn1. The van der Waals surface area contributed by atoms with E-state index in [1.165, 1.54) is 6.42 Å². The summed E-state index contributed by atoms with van der Waals surface area (Å²) in [6, 6.07) is 2.34. The van der Waals surface area contributed by atoms with Gasteiger partial charge in [-0.25, -0.2) is 0 Å². The van der Waals surface area contributed by atoms with Crippen LogP contribution in [0.4, 0.5) is 5.69 Å². The Bertz CT molecular complexity index is 385. The minimum absolute atomic E-state index is 0.410. The average molecular weight is 220 g/mol. The van der Waals surface area contributed by atoms with Gasteiger partial charge in [0.1, 0.15) is 0 Å². The second-order valence-corrected chi connectivity index (χ2v) is 4.69. The van der Waals surface area contributed by atoms with Gasteiger partial charge < -0.3 is 15.4 Å². The van der Waals surface area contributed by atoms with E-state index in [1.54, 1.807) is 13.3 Å². The van der Waals surface area contributed by atoms with Crippen molar-refractivity contribution in [2.24, 2.45) is 17.6 Å². The first-order valence-electron chi connectivity index (χ1n) is 5.65. The van der Waals surface area contributed by atoms with Gasteiger partial charge >= 0.3 is 0 Å². The van der Waals surface area contributed by atoms with Crippen LogP contribution in [0.25, 0.3) is 0 Å². The number of methoxy groups -OCH3 is 1. The monoisotopic (exact) mass is 220 g/mol. The molecule has 5 nitrogen and oxygen atoms in total. The summed E-state index contributed by atoms with van der Waals surface area (Å²) in [4.78, 5) is 2.33. The maximum atomic E-state index is 6.05. The lowest BCUT2D eigenvalue weighted by molar-refractivity contribution is 0.116. The molecule has 2 bridgehead atoms. The third-order valence-electron chi connectivity index (χ3n) is 3.80. The van der Waals surface area contributed by atoms with Gasteiger partial charge in [0.2, 0.25) is 5.88 Å². The smallest absolute Gasteiger partial charge is 0.235 e. The molecule has 1 saturated carbocycles. The summed E-state index contributed by atoms with van der Waals surface area (Å²) in [7, 11) is 1.61. The van der Waals surface area contributed by atoms with Crippen LogP contribution in [-0.4, -0.2) is 36.4 Å². The van der Waals surface area contributed by atoms with Crippen molar-refractivity contribution < 1.29 is 4.74 Å². The van der Waals surface area contributed by atoms with Crippen LogP contribution in [0.15, 0.2) is 12.3 Å². The Hall–Kier alpha value is -1.36. The summed E-state index contributed by atoms with van der Waals surface area (Å²) in [5.41, 5.74) is 7.14. The van der Waals surface area contributed by atoms with E-state index >= 15 is 0 Å². The number of rotatable bonds is 2. The van der Waals surface area contributed by atoms with Crippen molar-refractivity contribution in [3.8, 4) is 5.88 Å². The van der Waals surface area contributed by atoms with Crippen LogP contribution in [0.3, 0.4) is 0 Å². The molecule has 1 aromatic heterocycles. The molecule has 3 fully saturated rings. The molecule has 0 spiro atoms. The summed E-state index contributed by atoms with van der Waals surface area (Å²) < 4.78 is 5.08. The lowest BCUT2D eigenvalue weighted by Gasteiger charge is -2.52. The molecule has 16 heavy (non-hydrogen) atoms. The molecule has 3 heterocycles. The summed E-state index contributed by atoms with van der Waals surface area (Å²) in [6.45, 7) is 2.07. The van der Waals surface area contributed by atoms with E-state index < -0.39 is 0 Å². The Morgan fingerprint density at radius 1 is 1.44 bits per heavy atom. The standard InChI is InChI=1S/C11H16N4O/c1-16-10-3-9(4-13-14-10)15-5-7-2-8(6-15)11(7)12/h3-4,7-8,11H,2,5-6,12H2,1H3/t7-,8+,11?. The Morgan fingerprint density at radius 2 is 2.19 bits per heavy atom. The number of anilines is 1. The van der Waals surface area contributed by atoms with Crippen LogP contribution in [0.5, 0.6) is 5.88 Å². The largest absolute Gasteiger partial charge is 0.480 e. The van der Waals surface area contributed by atoms with Gasteiger partial charge in [-0.05, 0) is 18.3 Å². The minimum atomic E-state index is 0.410. The van der Waals surface area contributed by atoms with Crippen LogP contribution in [0.2, 0.25) is 0 Å². The number of nitrogens with zero attached hydrogens (tertiary/aromatic N) is 3. The first-order chi connectivity index (χ1) is 7.78. The van der Waals surface area contributed by atoms with E-state index in [2.05, 4.69) is 15.1 Å². The maximum absolute atomic E-state index is 6.05. The maximum Gasteiger partial charge on any atom is 0.235 e. The predicted molar refractivity (Wildman–Crippen MR) is 60.4 cm³/mol. The molecule has 2 N–H and O–H groups in total. The third kappa shape index (κ3) is 1.43. The predicted octanol–water partition coefficient (Wildman–Crippen LogP) is 0.269. The molecule has 0 amide bonds. The number of ether oxygens (including phenoxy) is 1. The first kappa shape index (κ1) is 9.84. The lowest BCUT2D eigenvalue weighted by Crippen LogP contribution is -2.62. The fourth-order valence-corrected chi connectivity index (χ4v) is 2.75. The Kier molecular flexibility index (Phi) is 2.21. The van der Waals surface area contributed by atoms with E-state index in [0.29, 0.717) is 23.8 Å². The van der Waals surface area contributed by atoms with Crippen LogP contribution in [0, 0.1) is 11.8 Å². The highest BCUT2D eigenvalue weighted by Gasteiger charge is 2.44.